The zero-order chi connectivity index (χ0) is 11.7. The van der Waals surface area contributed by atoms with Crippen LogP contribution in [0.2, 0.25) is 0 Å². The normalized spacial score (nSPS) is 17.6. The molecule has 84 valence electrons. The molecule has 0 aromatic heterocycles. The average molecular weight is 214 g/mol. The van der Waals surface area contributed by atoms with Gasteiger partial charge in [0, 0.05) is 0 Å². The molecule has 0 fully saturated rings. The Hall–Kier alpha value is -1.34. The number of rotatable bonds is 2. The highest BCUT2D eigenvalue weighted by atomic mass is 16.3. The van der Waals surface area contributed by atoms with Crippen molar-refractivity contribution in [3.63, 3.8) is 0 Å². The first-order chi connectivity index (χ1) is 7.61. The highest BCUT2D eigenvalue weighted by molar-refractivity contribution is 5.78. The van der Waals surface area contributed by atoms with Crippen LogP contribution in [0, 0.1) is 0 Å². The number of aliphatic hydroxyl groups is 1. The lowest BCUT2D eigenvalue weighted by atomic mass is 9.93. The third-order valence-corrected chi connectivity index (χ3v) is 3.39. The molecule has 1 aromatic rings. The number of allylic oxidation sites excluding steroid dienone is 4. The van der Waals surface area contributed by atoms with Gasteiger partial charge in [0.1, 0.15) is 0 Å². The minimum atomic E-state index is -0.405. The summed E-state index contributed by atoms with van der Waals surface area (Å²) >= 11 is 0. The molecular formula is C15H18O. The predicted molar refractivity (Wildman–Crippen MR) is 68.0 cm³/mol. The van der Waals surface area contributed by atoms with E-state index in [2.05, 4.69) is 26.0 Å². The summed E-state index contributed by atoms with van der Waals surface area (Å²) in [5.74, 6) is 0. The van der Waals surface area contributed by atoms with Crippen molar-refractivity contribution < 1.29 is 5.11 Å². The van der Waals surface area contributed by atoms with Crippen molar-refractivity contribution in [1.29, 1.82) is 0 Å². The van der Waals surface area contributed by atoms with E-state index in [1.807, 2.05) is 25.1 Å². The van der Waals surface area contributed by atoms with Crippen LogP contribution in [0.3, 0.4) is 0 Å². The molecule has 0 saturated heterocycles. The molecule has 1 aromatic carbocycles. The monoisotopic (exact) mass is 214 g/mol. The van der Waals surface area contributed by atoms with Gasteiger partial charge in [-0.2, -0.15) is 0 Å². The molecule has 0 saturated carbocycles. The van der Waals surface area contributed by atoms with Crippen LogP contribution < -0.4 is 0 Å². The van der Waals surface area contributed by atoms with Crippen molar-refractivity contribution in [3.8, 4) is 0 Å². The molecule has 16 heavy (non-hydrogen) atoms. The fraction of sp³-hybridized carbons (Fsp3) is 0.333. The van der Waals surface area contributed by atoms with Gasteiger partial charge >= 0.3 is 0 Å². The van der Waals surface area contributed by atoms with Crippen molar-refractivity contribution in [2.24, 2.45) is 0 Å². The maximum atomic E-state index is 9.78. The van der Waals surface area contributed by atoms with Gasteiger partial charge in [0.25, 0.3) is 0 Å². The topological polar surface area (TPSA) is 20.2 Å². The third kappa shape index (κ3) is 1.83. The smallest absolute Gasteiger partial charge is 0.0767 e. The summed E-state index contributed by atoms with van der Waals surface area (Å²) in [5, 5.41) is 9.78. The quantitative estimate of drug-likeness (QED) is 0.792. The predicted octanol–water partition coefficient (Wildman–Crippen LogP) is 3.86. The first-order valence-corrected chi connectivity index (χ1v) is 5.75. The Kier molecular flexibility index (Phi) is 2.97. The maximum Gasteiger partial charge on any atom is 0.0767 e. The molecule has 1 aliphatic rings. The lowest BCUT2D eigenvalue weighted by molar-refractivity contribution is 0.199. The maximum absolute atomic E-state index is 9.78. The van der Waals surface area contributed by atoms with Crippen LogP contribution in [-0.4, -0.2) is 5.11 Å². The van der Waals surface area contributed by atoms with Crippen LogP contribution in [0.25, 0.3) is 5.57 Å². The second-order valence-electron chi connectivity index (χ2n) is 4.46. The van der Waals surface area contributed by atoms with Crippen molar-refractivity contribution in [3.05, 3.63) is 52.6 Å². The van der Waals surface area contributed by atoms with Crippen molar-refractivity contribution in [2.45, 2.75) is 33.3 Å². The van der Waals surface area contributed by atoms with Crippen LogP contribution in [-0.2, 0) is 0 Å². The Labute approximate surface area is 97.1 Å². The minimum Gasteiger partial charge on any atom is -0.389 e. The Morgan fingerprint density at radius 2 is 1.88 bits per heavy atom. The van der Waals surface area contributed by atoms with Gasteiger partial charge in [0.15, 0.2) is 0 Å². The molecule has 0 bridgehead atoms. The molecule has 0 aliphatic heterocycles. The highest BCUT2D eigenvalue weighted by Gasteiger charge is 2.16. The molecule has 1 heteroatoms. The van der Waals surface area contributed by atoms with Gasteiger partial charge in [-0.3, -0.25) is 0 Å². The van der Waals surface area contributed by atoms with E-state index in [9.17, 15) is 5.11 Å². The van der Waals surface area contributed by atoms with Crippen LogP contribution in [0.5, 0.6) is 0 Å². The number of benzene rings is 1. The number of aliphatic hydroxyl groups excluding tert-OH is 1. The fourth-order valence-electron chi connectivity index (χ4n) is 2.25. The average Bonchev–Trinajstić information content (AvgIpc) is 2.60. The number of hydrogen-bond acceptors (Lipinski definition) is 1. The van der Waals surface area contributed by atoms with Crippen molar-refractivity contribution >= 4 is 5.57 Å². The second-order valence-corrected chi connectivity index (χ2v) is 4.46. The largest absolute Gasteiger partial charge is 0.389 e. The first kappa shape index (κ1) is 11.2. The number of hydrogen-bond donors (Lipinski definition) is 1. The van der Waals surface area contributed by atoms with Gasteiger partial charge in [-0.05, 0) is 49.5 Å². The third-order valence-electron chi connectivity index (χ3n) is 3.39. The molecule has 0 radical (unpaired) electrons. The van der Waals surface area contributed by atoms with Crippen LogP contribution >= 0.6 is 0 Å². The fourth-order valence-corrected chi connectivity index (χ4v) is 2.25. The lowest BCUT2D eigenvalue weighted by Crippen LogP contribution is -1.97. The minimum absolute atomic E-state index is 0.405. The molecule has 0 spiro atoms. The van der Waals surface area contributed by atoms with E-state index >= 15 is 0 Å². The lowest BCUT2D eigenvalue weighted by Gasteiger charge is -2.14. The van der Waals surface area contributed by atoms with E-state index < -0.39 is 6.10 Å². The van der Waals surface area contributed by atoms with E-state index in [-0.39, 0.29) is 0 Å². The Balaban J connectivity index is 2.50. The van der Waals surface area contributed by atoms with Gasteiger partial charge in [-0.25, -0.2) is 0 Å². The molecular weight excluding hydrogens is 196 g/mol. The zero-order valence-electron chi connectivity index (χ0n) is 10.1. The van der Waals surface area contributed by atoms with Crippen LogP contribution in [0.1, 0.15) is 44.4 Å². The summed E-state index contributed by atoms with van der Waals surface area (Å²) in [6.45, 7) is 6.13. The van der Waals surface area contributed by atoms with E-state index in [0.29, 0.717) is 0 Å². The van der Waals surface area contributed by atoms with Gasteiger partial charge < -0.3 is 5.11 Å². The molecule has 1 N–H and O–H groups in total. The van der Waals surface area contributed by atoms with Gasteiger partial charge in [0.2, 0.25) is 0 Å². The van der Waals surface area contributed by atoms with Crippen molar-refractivity contribution in [1.82, 2.24) is 0 Å². The molecule has 0 heterocycles. The van der Waals surface area contributed by atoms with E-state index in [0.717, 1.165) is 12.0 Å². The van der Waals surface area contributed by atoms with Gasteiger partial charge in [-0.15, -0.1) is 0 Å². The van der Waals surface area contributed by atoms with Gasteiger partial charge in [0.05, 0.1) is 6.10 Å². The SMILES string of the molecule is CC1=CCC(c2ccccc2C(C)O)=C1C. The molecule has 1 aliphatic carbocycles. The standard InChI is InChI=1S/C15H18O/c1-10-8-9-13(11(10)2)15-7-5-4-6-14(15)12(3)16/h4-8,12,16H,9H2,1-3H3. The summed E-state index contributed by atoms with van der Waals surface area (Å²) in [5.41, 5.74) is 6.29. The van der Waals surface area contributed by atoms with E-state index in [1.165, 1.54) is 22.3 Å². The Morgan fingerprint density at radius 3 is 2.44 bits per heavy atom. The zero-order valence-corrected chi connectivity index (χ0v) is 10.1. The Bertz CT molecular complexity index is 464. The molecule has 1 unspecified atom stereocenters. The van der Waals surface area contributed by atoms with E-state index in [1.54, 1.807) is 0 Å². The molecule has 2 rings (SSSR count). The molecule has 1 atom stereocenters. The summed E-state index contributed by atoms with van der Waals surface area (Å²) in [4.78, 5) is 0. The Morgan fingerprint density at radius 1 is 1.19 bits per heavy atom. The van der Waals surface area contributed by atoms with Crippen LogP contribution in [0.4, 0.5) is 0 Å². The summed E-state index contributed by atoms with van der Waals surface area (Å²) in [7, 11) is 0. The molecule has 0 amide bonds. The van der Waals surface area contributed by atoms with Crippen LogP contribution in [0.15, 0.2) is 41.5 Å². The van der Waals surface area contributed by atoms with Gasteiger partial charge in [-0.1, -0.05) is 35.9 Å². The second kappa shape index (κ2) is 4.26. The summed E-state index contributed by atoms with van der Waals surface area (Å²) in [6.07, 6.45) is 2.84. The summed E-state index contributed by atoms with van der Waals surface area (Å²) < 4.78 is 0. The first-order valence-electron chi connectivity index (χ1n) is 5.75. The van der Waals surface area contributed by atoms with Crippen molar-refractivity contribution in [2.75, 3.05) is 0 Å². The molecule has 1 nitrogen and oxygen atoms in total. The summed E-state index contributed by atoms with van der Waals surface area (Å²) in [6, 6.07) is 8.13. The van der Waals surface area contributed by atoms with E-state index in [4.69, 9.17) is 0 Å². The highest BCUT2D eigenvalue weighted by Crippen LogP contribution is 2.36.